The molecule has 2 nitrogen and oxygen atoms in total. The van der Waals surface area contributed by atoms with Crippen molar-refractivity contribution in [2.45, 2.75) is 19.4 Å². The molecule has 0 N–H and O–H groups in total. The van der Waals surface area contributed by atoms with Crippen LogP contribution in [0, 0.1) is 0 Å². The van der Waals surface area contributed by atoms with Gasteiger partial charge in [-0.1, -0.05) is 12.1 Å². The quantitative estimate of drug-likeness (QED) is 0.730. The smallest absolute Gasteiger partial charge is 0.387 e. The van der Waals surface area contributed by atoms with E-state index in [0.29, 0.717) is 12.2 Å². The summed E-state index contributed by atoms with van der Waals surface area (Å²) in [5.41, 5.74) is 0.489. The Morgan fingerprint density at radius 2 is 2.13 bits per heavy atom. The minimum absolute atomic E-state index is 0.0179. The minimum atomic E-state index is -2.88. The van der Waals surface area contributed by atoms with Crippen LogP contribution in [0.15, 0.2) is 18.2 Å². The fourth-order valence-electron chi connectivity index (χ4n) is 1.16. The predicted molar refractivity (Wildman–Crippen MR) is 53.8 cm³/mol. The number of alkyl halides is 3. The van der Waals surface area contributed by atoms with Gasteiger partial charge in [-0.3, -0.25) is 0 Å². The molecule has 5 heteroatoms. The van der Waals surface area contributed by atoms with Crippen LogP contribution in [0.4, 0.5) is 8.78 Å². The van der Waals surface area contributed by atoms with Crippen LogP contribution in [0.2, 0.25) is 0 Å². The van der Waals surface area contributed by atoms with Crippen molar-refractivity contribution in [2.24, 2.45) is 0 Å². The third kappa shape index (κ3) is 3.23. The maximum atomic E-state index is 12.1. The van der Waals surface area contributed by atoms with Gasteiger partial charge >= 0.3 is 6.61 Å². The lowest BCUT2D eigenvalue weighted by atomic mass is 10.2. The maximum absolute atomic E-state index is 12.1. The highest BCUT2D eigenvalue weighted by molar-refractivity contribution is 6.17. The topological polar surface area (TPSA) is 18.5 Å². The van der Waals surface area contributed by atoms with Gasteiger partial charge in [-0.05, 0) is 13.0 Å². The van der Waals surface area contributed by atoms with Gasteiger partial charge in [0.2, 0.25) is 0 Å². The summed E-state index contributed by atoms with van der Waals surface area (Å²) >= 11 is 5.61. The summed E-state index contributed by atoms with van der Waals surface area (Å²) in [5.74, 6) is 0.406. The van der Waals surface area contributed by atoms with Crippen LogP contribution in [0.3, 0.4) is 0 Å². The molecule has 0 saturated heterocycles. The molecule has 0 bridgehead atoms. The first-order valence-electron chi connectivity index (χ1n) is 4.44. The van der Waals surface area contributed by atoms with E-state index >= 15 is 0 Å². The maximum Gasteiger partial charge on any atom is 0.387 e. The molecule has 0 saturated carbocycles. The summed E-state index contributed by atoms with van der Waals surface area (Å²) in [6.45, 7) is -0.737. The van der Waals surface area contributed by atoms with Crippen molar-refractivity contribution in [1.29, 1.82) is 0 Å². The SMILES string of the molecule is CCOc1cccc(CCl)c1OC(F)F. The first-order chi connectivity index (χ1) is 7.19. The molecule has 0 radical (unpaired) electrons. The highest BCUT2D eigenvalue weighted by Gasteiger charge is 2.14. The van der Waals surface area contributed by atoms with Gasteiger partial charge in [0, 0.05) is 5.56 Å². The Labute approximate surface area is 91.8 Å². The van der Waals surface area contributed by atoms with Gasteiger partial charge in [-0.2, -0.15) is 8.78 Å². The standard InChI is InChI=1S/C10H11ClF2O2/c1-2-14-8-5-3-4-7(6-11)9(8)15-10(12)13/h3-5,10H,2,6H2,1H3. The fraction of sp³-hybridized carbons (Fsp3) is 0.400. The summed E-state index contributed by atoms with van der Waals surface area (Å²) in [4.78, 5) is 0. The summed E-state index contributed by atoms with van der Waals surface area (Å²) < 4.78 is 33.8. The largest absolute Gasteiger partial charge is 0.490 e. The number of rotatable bonds is 5. The molecule has 0 aliphatic heterocycles. The molecule has 1 aromatic carbocycles. The molecule has 0 aliphatic carbocycles. The Hall–Kier alpha value is -1.03. The van der Waals surface area contributed by atoms with Gasteiger partial charge in [0.1, 0.15) is 0 Å². The average Bonchev–Trinajstić information content (AvgIpc) is 2.20. The highest BCUT2D eigenvalue weighted by atomic mass is 35.5. The van der Waals surface area contributed by atoms with Gasteiger partial charge in [0.15, 0.2) is 11.5 Å². The third-order valence-corrected chi connectivity index (χ3v) is 2.00. The van der Waals surface area contributed by atoms with Crippen LogP contribution in [-0.2, 0) is 5.88 Å². The molecule has 1 aromatic rings. The van der Waals surface area contributed by atoms with E-state index in [1.807, 2.05) is 0 Å². The summed E-state index contributed by atoms with van der Waals surface area (Å²) in [6, 6.07) is 4.87. The molecule has 0 atom stereocenters. The van der Waals surface area contributed by atoms with E-state index in [0.717, 1.165) is 0 Å². The molecular weight excluding hydrogens is 226 g/mol. The van der Waals surface area contributed by atoms with Gasteiger partial charge in [0.05, 0.1) is 12.5 Å². The molecule has 0 aliphatic rings. The minimum Gasteiger partial charge on any atom is -0.490 e. The van der Waals surface area contributed by atoms with Crippen molar-refractivity contribution < 1.29 is 18.3 Å². The van der Waals surface area contributed by atoms with Crippen LogP contribution in [0.5, 0.6) is 11.5 Å². The number of para-hydroxylation sites is 1. The second-order valence-electron chi connectivity index (χ2n) is 2.69. The van der Waals surface area contributed by atoms with E-state index < -0.39 is 6.61 Å². The number of hydrogen-bond donors (Lipinski definition) is 0. The summed E-state index contributed by atoms with van der Waals surface area (Å²) in [5, 5.41) is 0. The van der Waals surface area contributed by atoms with E-state index in [9.17, 15) is 8.78 Å². The molecule has 0 spiro atoms. The Morgan fingerprint density at radius 1 is 1.40 bits per heavy atom. The number of hydrogen-bond acceptors (Lipinski definition) is 2. The predicted octanol–water partition coefficient (Wildman–Crippen LogP) is 3.43. The first kappa shape index (κ1) is 12.0. The van der Waals surface area contributed by atoms with Crippen molar-refractivity contribution in [1.82, 2.24) is 0 Å². The lowest BCUT2D eigenvalue weighted by molar-refractivity contribution is -0.0519. The van der Waals surface area contributed by atoms with Crippen LogP contribution >= 0.6 is 11.6 Å². The Bertz CT molecular complexity index is 318. The van der Waals surface area contributed by atoms with Crippen LogP contribution in [0.1, 0.15) is 12.5 Å². The summed E-state index contributed by atoms with van der Waals surface area (Å²) in [6.07, 6.45) is 0. The van der Waals surface area contributed by atoms with E-state index in [2.05, 4.69) is 4.74 Å². The molecule has 0 amide bonds. The lowest BCUT2D eigenvalue weighted by Gasteiger charge is -2.13. The fourth-order valence-corrected chi connectivity index (χ4v) is 1.37. The van der Waals surface area contributed by atoms with Crippen molar-refractivity contribution >= 4 is 11.6 Å². The van der Waals surface area contributed by atoms with E-state index in [4.69, 9.17) is 16.3 Å². The lowest BCUT2D eigenvalue weighted by Crippen LogP contribution is -2.06. The molecular formula is C10H11ClF2O2. The van der Waals surface area contributed by atoms with Crippen LogP contribution in [-0.4, -0.2) is 13.2 Å². The molecule has 0 fully saturated rings. The second kappa shape index (κ2) is 5.75. The van der Waals surface area contributed by atoms with Gasteiger partial charge in [-0.25, -0.2) is 0 Å². The van der Waals surface area contributed by atoms with Gasteiger partial charge in [-0.15, -0.1) is 11.6 Å². The second-order valence-corrected chi connectivity index (χ2v) is 2.96. The molecule has 0 unspecified atom stereocenters. The van der Waals surface area contributed by atoms with Crippen LogP contribution in [0.25, 0.3) is 0 Å². The highest BCUT2D eigenvalue weighted by Crippen LogP contribution is 2.33. The zero-order valence-electron chi connectivity index (χ0n) is 8.17. The zero-order valence-corrected chi connectivity index (χ0v) is 8.93. The Kier molecular flexibility index (Phi) is 4.62. The Morgan fingerprint density at radius 3 is 2.67 bits per heavy atom. The van der Waals surface area contributed by atoms with Crippen molar-refractivity contribution in [3.05, 3.63) is 23.8 Å². The van der Waals surface area contributed by atoms with Crippen LogP contribution < -0.4 is 9.47 Å². The molecule has 1 rings (SSSR count). The van der Waals surface area contributed by atoms with Crippen molar-refractivity contribution in [2.75, 3.05) is 6.61 Å². The van der Waals surface area contributed by atoms with Crippen molar-refractivity contribution in [3.63, 3.8) is 0 Å². The van der Waals surface area contributed by atoms with Gasteiger partial charge in [0.25, 0.3) is 0 Å². The first-order valence-corrected chi connectivity index (χ1v) is 4.98. The molecule has 0 heterocycles. The molecule has 15 heavy (non-hydrogen) atoms. The number of halogens is 3. The van der Waals surface area contributed by atoms with E-state index in [1.54, 1.807) is 25.1 Å². The Balaban J connectivity index is 3.02. The van der Waals surface area contributed by atoms with E-state index in [1.165, 1.54) is 0 Å². The monoisotopic (exact) mass is 236 g/mol. The molecule has 0 aromatic heterocycles. The summed E-state index contributed by atoms with van der Waals surface area (Å²) in [7, 11) is 0. The zero-order chi connectivity index (χ0) is 11.3. The van der Waals surface area contributed by atoms with Crippen molar-refractivity contribution in [3.8, 4) is 11.5 Å². The number of benzene rings is 1. The normalized spacial score (nSPS) is 10.5. The average molecular weight is 237 g/mol. The van der Waals surface area contributed by atoms with Gasteiger partial charge < -0.3 is 9.47 Å². The van der Waals surface area contributed by atoms with E-state index in [-0.39, 0.29) is 17.4 Å². The third-order valence-electron chi connectivity index (χ3n) is 1.71. The number of ether oxygens (including phenoxy) is 2. The molecule has 84 valence electrons.